The molecule has 1 unspecified atom stereocenters. The molecule has 2 aromatic carbocycles. The van der Waals surface area contributed by atoms with Crippen LogP contribution in [0.2, 0.25) is 0 Å². The summed E-state index contributed by atoms with van der Waals surface area (Å²) in [5, 5.41) is 12.2. The molecule has 0 amide bonds. The molecule has 0 spiro atoms. The minimum Gasteiger partial charge on any atom is -0.382 e. The highest BCUT2D eigenvalue weighted by Crippen LogP contribution is 2.09. The number of nitriles is 1. The fourth-order valence-corrected chi connectivity index (χ4v) is 1.87. The molecule has 0 heterocycles. The summed E-state index contributed by atoms with van der Waals surface area (Å²) in [4.78, 5) is 0. The molecule has 0 aliphatic carbocycles. The molecular formula is C17H18N2O. The van der Waals surface area contributed by atoms with Crippen LogP contribution in [-0.4, -0.2) is 12.6 Å². The molecule has 0 bridgehead atoms. The molecule has 0 radical (unpaired) electrons. The predicted octanol–water partition coefficient (Wildman–Crippen LogP) is 3.60. The van der Waals surface area contributed by atoms with Gasteiger partial charge in [-0.1, -0.05) is 48.5 Å². The maximum atomic E-state index is 8.87. The van der Waals surface area contributed by atoms with Gasteiger partial charge in [0.2, 0.25) is 0 Å². The number of ether oxygens (including phenoxy) is 1. The van der Waals surface area contributed by atoms with Crippen LogP contribution in [-0.2, 0) is 11.3 Å². The van der Waals surface area contributed by atoms with E-state index in [-0.39, 0.29) is 6.10 Å². The first kappa shape index (κ1) is 14.1. The van der Waals surface area contributed by atoms with Gasteiger partial charge in [0.05, 0.1) is 25.2 Å². The van der Waals surface area contributed by atoms with Crippen LogP contribution >= 0.6 is 0 Å². The molecule has 3 heteroatoms. The van der Waals surface area contributed by atoms with Crippen molar-refractivity contribution in [2.45, 2.75) is 19.1 Å². The molecule has 1 atom stereocenters. The Bertz CT molecular complexity index is 490. The number of anilines is 1. The summed E-state index contributed by atoms with van der Waals surface area (Å²) in [5.74, 6) is 0. The van der Waals surface area contributed by atoms with Crippen LogP contribution in [0.25, 0.3) is 0 Å². The van der Waals surface area contributed by atoms with Crippen LogP contribution in [0.4, 0.5) is 5.69 Å². The molecule has 1 N–H and O–H groups in total. The highest BCUT2D eigenvalue weighted by atomic mass is 16.5. The van der Waals surface area contributed by atoms with Crippen LogP contribution in [0.5, 0.6) is 0 Å². The molecule has 0 aromatic heterocycles. The van der Waals surface area contributed by atoms with Gasteiger partial charge in [0.25, 0.3) is 0 Å². The first-order valence-electron chi connectivity index (χ1n) is 6.70. The monoisotopic (exact) mass is 266 g/mol. The lowest BCUT2D eigenvalue weighted by Gasteiger charge is -2.16. The standard InChI is InChI=1S/C17H18N2O/c18-12-11-17(13-19-16-9-5-2-6-10-16)20-14-15-7-3-1-4-8-15/h1-10,17,19H,11,13-14H2. The lowest BCUT2D eigenvalue weighted by atomic mass is 10.2. The van der Waals surface area contributed by atoms with Gasteiger partial charge in [-0.3, -0.25) is 0 Å². The zero-order valence-corrected chi connectivity index (χ0v) is 11.3. The fourth-order valence-electron chi connectivity index (χ4n) is 1.87. The van der Waals surface area contributed by atoms with Crippen molar-refractivity contribution in [2.24, 2.45) is 0 Å². The second kappa shape index (κ2) is 7.98. The Labute approximate surface area is 119 Å². The number of rotatable bonds is 7. The van der Waals surface area contributed by atoms with Gasteiger partial charge in [-0.2, -0.15) is 5.26 Å². The number of hydrogen-bond donors (Lipinski definition) is 1. The van der Waals surface area contributed by atoms with E-state index in [1.54, 1.807) is 0 Å². The highest BCUT2D eigenvalue weighted by Gasteiger charge is 2.08. The Morgan fingerprint density at radius 2 is 1.65 bits per heavy atom. The van der Waals surface area contributed by atoms with E-state index < -0.39 is 0 Å². The molecule has 0 aliphatic rings. The SMILES string of the molecule is N#CCC(CNc1ccccc1)OCc1ccccc1. The lowest BCUT2D eigenvalue weighted by Crippen LogP contribution is -2.22. The Kier molecular flexibility index (Phi) is 5.63. The van der Waals surface area contributed by atoms with E-state index >= 15 is 0 Å². The number of benzene rings is 2. The maximum absolute atomic E-state index is 8.87. The van der Waals surface area contributed by atoms with E-state index in [1.165, 1.54) is 0 Å². The van der Waals surface area contributed by atoms with Crippen LogP contribution < -0.4 is 5.32 Å². The Hall–Kier alpha value is -2.31. The smallest absolute Gasteiger partial charge is 0.0881 e. The summed E-state index contributed by atoms with van der Waals surface area (Å²) >= 11 is 0. The van der Waals surface area contributed by atoms with Gasteiger partial charge in [0.1, 0.15) is 0 Å². The fraction of sp³-hybridized carbons (Fsp3) is 0.235. The number of hydrogen-bond acceptors (Lipinski definition) is 3. The third-order valence-electron chi connectivity index (χ3n) is 2.96. The van der Waals surface area contributed by atoms with E-state index in [1.807, 2.05) is 60.7 Å². The summed E-state index contributed by atoms with van der Waals surface area (Å²) in [6.45, 7) is 1.16. The zero-order valence-electron chi connectivity index (χ0n) is 11.3. The van der Waals surface area contributed by atoms with Crippen molar-refractivity contribution in [2.75, 3.05) is 11.9 Å². The van der Waals surface area contributed by atoms with Crippen LogP contribution in [0, 0.1) is 11.3 Å². The Morgan fingerprint density at radius 3 is 2.30 bits per heavy atom. The molecular weight excluding hydrogens is 248 g/mol. The van der Waals surface area contributed by atoms with Crippen molar-refractivity contribution in [1.82, 2.24) is 0 Å². The Morgan fingerprint density at radius 1 is 1.00 bits per heavy atom. The van der Waals surface area contributed by atoms with Crippen molar-refractivity contribution < 1.29 is 4.74 Å². The number of nitrogens with zero attached hydrogens (tertiary/aromatic N) is 1. The van der Waals surface area contributed by atoms with Crippen LogP contribution in [0.15, 0.2) is 60.7 Å². The molecule has 20 heavy (non-hydrogen) atoms. The topological polar surface area (TPSA) is 45.0 Å². The third kappa shape index (κ3) is 4.75. The summed E-state index contributed by atoms with van der Waals surface area (Å²) in [5.41, 5.74) is 2.16. The van der Waals surface area contributed by atoms with Gasteiger partial charge in [-0.05, 0) is 17.7 Å². The highest BCUT2D eigenvalue weighted by molar-refractivity contribution is 5.42. The van der Waals surface area contributed by atoms with Gasteiger partial charge in [-0.15, -0.1) is 0 Å². The molecule has 3 nitrogen and oxygen atoms in total. The Balaban J connectivity index is 1.83. The molecule has 2 rings (SSSR count). The van der Waals surface area contributed by atoms with Crippen molar-refractivity contribution >= 4 is 5.69 Å². The molecule has 0 saturated carbocycles. The van der Waals surface area contributed by atoms with Gasteiger partial charge >= 0.3 is 0 Å². The van der Waals surface area contributed by atoms with Crippen LogP contribution in [0.3, 0.4) is 0 Å². The quantitative estimate of drug-likeness (QED) is 0.832. The third-order valence-corrected chi connectivity index (χ3v) is 2.96. The van der Waals surface area contributed by atoms with E-state index in [0.717, 1.165) is 11.3 Å². The second-order valence-corrected chi connectivity index (χ2v) is 4.53. The van der Waals surface area contributed by atoms with Gasteiger partial charge in [0.15, 0.2) is 0 Å². The molecule has 0 aliphatic heterocycles. The van der Waals surface area contributed by atoms with Crippen molar-refractivity contribution in [3.63, 3.8) is 0 Å². The summed E-state index contributed by atoms with van der Waals surface area (Å²) in [7, 11) is 0. The van der Waals surface area contributed by atoms with Gasteiger partial charge in [-0.25, -0.2) is 0 Å². The summed E-state index contributed by atoms with van der Waals surface area (Å²) < 4.78 is 5.81. The maximum Gasteiger partial charge on any atom is 0.0881 e. The van der Waals surface area contributed by atoms with Crippen molar-refractivity contribution in [1.29, 1.82) is 5.26 Å². The number of para-hydroxylation sites is 1. The second-order valence-electron chi connectivity index (χ2n) is 4.53. The average Bonchev–Trinajstić information content (AvgIpc) is 2.52. The van der Waals surface area contributed by atoms with Gasteiger partial charge < -0.3 is 10.1 Å². The molecule has 102 valence electrons. The average molecular weight is 266 g/mol. The van der Waals surface area contributed by atoms with Crippen molar-refractivity contribution in [3.8, 4) is 6.07 Å². The van der Waals surface area contributed by atoms with Crippen molar-refractivity contribution in [3.05, 3.63) is 66.2 Å². The molecule has 2 aromatic rings. The lowest BCUT2D eigenvalue weighted by molar-refractivity contribution is 0.0523. The summed E-state index contributed by atoms with van der Waals surface area (Å²) in [6, 6.07) is 22.1. The van der Waals surface area contributed by atoms with Gasteiger partial charge in [0, 0.05) is 12.2 Å². The molecule has 0 fully saturated rings. The van der Waals surface area contributed by atoms with E-state index in [2.05, 4.69) is 11.4 Å². The first-order valence-corrected chi connectivity index (χ1v) is 6.70. The van der Waals surface area contributed by atoms with E-state index in [9.17, 15) is 0 Å². The first-order chi connectivity index (χ1) is 9.88. The van der Waals surface area contributed by atoms with E-state index in [0.29, 0.717) is 19.6 Å². The summed E-state index contributed by atoms with van der Waals surface area (Å²) in [6.07, 6.45) is 0.271. The predicted molar refractivity (Wildman–Crippen MR) is 80.2 cm³/mol. The molecule has 0 saturated heterocycles. The zero-order chi connectivity index (χ0) is 14.0. The normalized spacial score (nSPS) is 11.6. The van der Waals surface area contributed by atoms with E-state index in [4.69, 9.17) is 10.00 Å². The largest absolute Gasteiger partial charge is 0.382 e. The van der Waals surface area contributed by atoms with Crippen LogP contribution in [0.1, 0.15) is 12.0 Å². The minimum absolute atomic E-state index is 0.111. The number of nitrogens with one attached hydrogen (secondary N) is 1. The minimum atomic E-state index is -0.111.